The second-order valence-electron chi connectivity index (χ2n) is 6.97. The predicted molar refractivity (Wildman–Crippen MR) is 115 cm³/mol. The van der Waals surface area contributed by atoms with Gasteiger partial charge in [-0.2, -0.15) is 0 Å². The van der Waals surface area contributed by atoms with Crippen molar-refractivity contribution in [3.63, 3.8) is 0 Å². The van der Waals surface area contributed by atoms with Crippen LogP contribution < -0.4 is 5.43 Å². The summed E-state index contributed by atoms with van der Waals surface area (Å²) in [5.74, 6) is -0.306. The van der Waals surface area contributed by atoms with Gasteiger partial charge in [0, 0.05) is 18.2 Å². The molecule has 0 spiro atoms. The lowest BCUT2D eigenvalue weighted by molar-refractivity contribution is -0.145. The van der Waals surface area contributed by atoms with Gasteiger partial charge in [-0.3, -0.25) is 9.59 Å². The van der Waals surface area contributed by atoms with Crippen LogP contribution in [-0.4, -0.2) is 37.1 Å². The number of carbonyl (C=O) groups excluding carboxylic acids is 1. The Hall–Kier alpha value is -2.92. The Bertz CT molecular complexity index is 1040. The van der Waals surface area contributed by atoms with Crippen molar-refractivity contribution >= 4 is 16.9 Å². The van der Waals surface area contributed by atoms with E-state index in [0.717, 1.165) is 24.2 Å². The standard InChI is InChI=1S/C24H27NO4/c1-4-25(5-2)14-15-28-24(27)17(3)18-10-6-7-11-19(18)23-16-21(26)20-12-8-9-13-22(20)29-23/h6-13,16-17H,4-5,14-15H2,1-3H3. The van der Waals surface area contributed by atoms with Crippen molar-refractivity contribution < 1.29 is 13.9 Å². The monoisotopic (exact) mass is 393 g/mol. The Labute approximate surface area is 170 Å². The Morgan fingerprint density at radius 3 is 2.52 bits per heavy atom. The lowest BCUT2D eigenvalue weighted by atomic mass is 9.94. The van der Waals surface area contributed by atoms with E-state index in [-0.39, 0.29) is 11.4 Å². The fraction of sp³-hybridized carbons (Fsp3) is 0.333. The summed E-state index contributed by atoms with van der Waals surface area (Å²) in [5, 5.41) is 0.539. The molecule has 3 aromatic rings. The van der Waals surface area contributed by atoms with Crippen LogP contribution in [0.25, 0.3) is 22.3 Å². The van der Waals surface area contributed by atoms with Gasteiger partial charge in [0.05, 0.1) is 11.3 Å². The molecule has 1 unspecified atom stereocenters. The molecule has 0 aliphatic heterocycles. The number of para-hydroxylation sites is 1. The van der Waals surface area contributed by atoms with Gasteiger partial charge >= 0.3 is 5.97 Å². The maximum absolute atomic E-state index is 12.6. The highest BCUT2D eigenvalue weighted by Crippen LogP contribution is 2.30. The highest BCUT2D eigenvalue weighted by molar-refractivity contribution is 5.83. The summed E-state index contributed by atoms with van der Waals surface area (Å²) in [6, 6.07) is 16.1. The lowest BCUT2D eigenvalue weighted by Crippen LogP contribution is -2.28. The Kier molecular flexibility index (Phi) is 6.83. The zero-order chi connectivity index (χ0) is 20.8. The van der Waals surface area contributed by atoms with Crippen molar-refractivity contribution in [3.05, 3.63) is 70.4 Å². The average Bonchev–Trinajstić information content (AvgIpc) is 2.76. The van der Waals surface area contributed by atoms with Gasteiger partial charge < -0.3 is 14.1 Å². The maximum Gasteiger partial charge on any atom is 0.313 e. The van der Waals surface area contributed by atoms with Gasteiger partial charge in [0.15, 0.2) is 5.43 Å². The molecule has 0 bridgehead atoms. The second-order valence-corrected chi connectivity index (χ2v) is 6.97. The summed E-state index contributed by atoms with van der Waals surface area (Å²) in [6.45, 7) is 8.91. The molecule has 5 nitrogen and oxygen atoms in total. The lowest BCUT2D eigenvalue weighted by Gasteiger charge is -2.19. The van der Waals surface area contributed by atoms with Crippen molar-refractivity contribution in [2.75, 3.05) is 26.2 Å². The first-order chi connectivity index (χ1) is 14.0. The fourth-order valence-electron chi connectivity index (χ4n) is 3.40. The molecule has 29 heavy (non-hydrogen) atoms. The molecule has 1 atom stereocenters. The predicted octanol–water partition coefficient (Wildman–Crippen LogP) is 4.45. The van der Waals surface area contributed by atoms with Gasteiger partial charge in [-0.05, 0) is 37.7 Å². The van der Waals surface area contributed by atoms with Crippen molar-refractivity contribution in [2.45, 2.75) is 26.7 Å². The number of likely N-dealkylation sites (N-methyl/N-ethyl adjacent to an activating group) is 1. The maximum atomic E-state index is 12.6. The van der Waals surface area contributed by atoms with Crippen LogP contribution in [0, 0.1) is 0 Å². The fourth-order valence-corrected chi connectivity index (χ4v) is 3.40. The normalized spacial score (nSPS) is 12.3. The third kappa shape index (κ3) is 4.74. The Morgan fingerprint density at radius 1 is 1.07 bits per heavy atom. The molecular weight excluding hydrogens is 366 g/mol. The van der Waals surface area contributed by atoms with Crippen LogP contribution in [0.2, 0.25) is 0 Å². The van der Waals surface area contributed by atoms with Crippen molar-refractivity contribution in [2.24, 2.45) is 0 Å². The largest absolute Gasteiger partial charge is 0.464 e. The number of fused-ring (bicyclic) bond motifs is 1. The van der Waals surface area contributed by atoms with Crippen molar-refractivity contribution in [1.82, 2.24) is 4.90 Å². The molecule has 0 fully saturated rings. The molecule has 1 heterocycles. The summed E-state index contributed by atoms with van der Waals surface area (Å²) in [4.78, 5) is 27.3. The minimum absolute atomic E-state index is 0.105. The van der Waals surface area contributed by atoms with Gasteiger partial charge in [0.2, 0.25) is 0 Å². The van der Waals surface area contributed by atoms with E-state index >= 15 is 0 Å². The molecule has 0 aliphatic carbocycles. The highest BCUT2D eigenvalue weighted by Gasteiger charge is 2.22. The number of rotatable bonds is 8. The van der Waals surface area contributed by atoms with E-state index in [1.807, 2.05) is 43.3 Å². The van der Waals surface area contributed by atoms with Crippen LogP contribution in [0.15, 0.2) is 63.8 Å². The number of ether oxygens (including phenoxy) is 1. The summed E-state index contributed by atoms with van der Waals surface area (Å²) < 4.78 is 11.5. The molecular formula is C24H27NO4. The number of esters is 1. The first-order valence-electron chi connectivity index (χ1n) is 10.1. The molecule has 152 valence electrons. The second kappa shape index (κ2) is 9.52. The quantitative estimate of drug-likeness (QED) is 0.529. The average molecular weight is 393 g/mol. The minimum Gasteiger partial charge on any atom is -0.464 e. The Balaban J connectivity index is 1.85. The van der Waals surface area contributed by atoms with Gasteiger partial charge in [0.25, 0.3) is 0 Å². The van der Waals surface area contributed by atoms with Gasteiger partial charge in [0.1, 0.15) is 18.0 Å². The molecule has 0 saturated heterocycles. The van der Waals surface area contributed by atoms with E-state index in [2.05, 4.69) is 18.7 Å². The number of carbonyl (C=O) groups is 1. The van der Waals surface area contributed by atoms with Crippen molar-refractivity contribution in [1.29, 1.82) is 0 Å². The minimum atomic E-state index is -0.473. The molecule has 0 amide bonds. The summed E-state index contributed by atoms with van der Waals surface area (Å²) >= 11 is 0. The van der Waals surface area contributed by atoms with Crippen molar-refractivity contribution in [3.8, 4) is 11.3 Å². The summed E-state index contributed by atoms with van der Waals surface area (Å²) in [5.41, 5.74) is 1.92. The van der Waals surface area contributed by atoms with Crippen LogP contribution in [0.4, 0.5) is 0 Å². The third-order valence-corrected chi connectivity index (χ3v) is 5.23. The number of nitrogens with zero attached hydrogens (tertiary/aromatic N) is 1. The molecule has 0 aliphatic rings. The van der Waals surface area contributed by atoms with E-state index in [1.165, 1.54) is 6.07 Å². The zero-order valence-corrected chi connectivity index (χ0v) is 17.2. The van der Waals surface area contributed by atoms with E-state index in [0.29, 0.717) is 29.9 Å². The first kappa shape index (κ1) is 20.8. The van der Waals surface area contributed by atoms with Gasteiger partial charge in [-0.15, -0.1) is 0 Å². The van der Waals surface area contributed by atoms with Gasteiger partial charge in [-0.1, -0.05) is 50.2 Å². The molecule has 2 aromatic carbocycles. The van der Waals surface area contributed by atoms with Crippen LogP contribution >= 0.6 is 0 Å². The van der Waals surface area contributed by atoms with Crippen LogP contribution in [0.5, 0.6) is 0 Å². The number of hydrogen-bond acceptors (Lipinski definition) is 5. The van der Waals surface area contributed by atoms with E-state index in [1.54, 1.807) is 12.1 Å². The van der Waals surface area contributed by atoms with E-state index < -0.39 is 5.92 Å². The molecule has 5 heteroatoms. The Morgan fingerprint density at radius 2 is 1.76 bits per heavy atom. The summed E-state index contributed by atoms with van der Waals surface area (Å²) in [7, 11) is 0. The smallest absolute Gasteiger partial charge is 0.313 e. The van der Waals surface area contributed by atoms with Crippen LogP contribution in [-0.2, 0) is 9.53 Å². The first-order valence-corrected chi connectivity index (χ1v) is 10.1. The number of benzene rings is 2. The molecule has 0 radical (unpaired) electrons. The van der Waals surface area contributed by atoms with Gasteiger partial charge in [-0.25, -0.2) is 0 Å². The third-order valence-electron chi connectivity index (χ3n) is 5.23. The SMILES string of the molecule is CCN(CC)CCOC(=O)C(C)c1ccccc1-c1cc(=O)c2ccccc2o1. The molecule has 3 rings (SSSR count). The topological polar surface area (TPSA) is 59.8 Å². The molecule has 0 saturated carbocycles. The highest BCUT2D eigenvalue weighted by atomic mass is 16.5. The van der Waals surface area contributed by atoms with E-state index in [9.17, 15) is 9.59 Å². The molecule has 0 N–H and O–H groups in total. The zero-order valence-electron chi connectivity index (χ0n) is 17.2. The van der Waals surface area contributed by atoms with Crippen LogP contribution in [0.1, 0.15) is 32.3 Å². The van der Waals surface area contributed by atoms with E-state index in [4.69, 9.17) is 9.15 Å². The number of hydrogen-bond donors (Lipinski definition) is 0. The molecule has 1 aromatic heterocycles. The summed E-state index contributed by atoms with van der Waals surface area (Å²) in [6.07, 6.45) is 0. The van der Waals surface area contributed by atoms with Crippen LogP contribution in [0.3, 0.4) is 0 Å².